The lowest BCUT2D eigenvalue weighted by Gasteiger charge is -2.34. The van der Waals surface area contributed by atoms with E-state index in [-0.39, 0.29) is 5.43 Å². The minimum absolute atomic E-state index is 0.0920. The molecule has 2 aromatic rings. The highest BCUT2D eigenvalue weighted by molar-refractivity contribution is 5.82. The third kappa shape index (κ3) is 1.91. The number of aromatic amines is 1. The number of aromatic nitrogens is 1. The van der Waals surface area contributed by atoms with Crippen LogP contribution in [0.25, 0.3) is 10.9 Å². The van der Waals surface area contributed by atoms with Gasteiger partial charge in [-0.2, -0.15) is 0 Å². The summed E-state index contributed by atoms with van der Waals surface area (Å²) in [6.45, 7) is 3.78. The zero-order valence-electron chi connectivity index (χ0n) is 11.6. The second kappa shape index (κ2) is 4.35. The van der Waals surface area contributed by atoms with Crippen molar-refractivity contribution in [2.75, 3.05) is 18.0 Å². The molecule has 2 saturated heterocycles. The van der Waals surface area contributed by atoms with Gasteiger partial charge in [-0.25, -0.2) is 0 Å². The first-order valence-electron chi connectivity index (χ1n) is 7.23. The molecule has 4 heteroatoms. The summed E-state index contributed by atoms with van der Waals surface area (Å²) >= 11 is 0. The van der Waals surface area contributed by atoms with Gasteiger partial charge >= 0.3 is 0 Å². The Labute approximate surface area is 117 Å². The molecule has 0 spiro atoms. The maximum absolute atomic E-state index is 12.1. The van der Waals surface area contributed by atoms with Crippen molar-refractivity contribution < 1.29 is 4.74 Å². The predicted molar refractivity (Wildman–Crippen MR) is 79.4 cm³/mol. The highest BCUT2D eigenvalue weighted by Crippen LogP contribution is 2.30. The van der Waals surface area contributed by atoms with Crippen LogP contribution in [-0.4, -0.2) is 30.3 Å². The summed E-state index contributed by atoms with van der Waals surface area (Å²) in [5.41, 5.74) is 3.04. The second-order valence-corrected chi connectivity index (χ2v) is 5.91. The zero-order valence-corrected chi connectivity index (χ0v) is 11.6. The number of H-pyrrole nitrogens is 1. The van der Waals surface area contributed by atoms with Crippen molar-refractivity contribution in [1.82, 2.24) is 4.98 Å². The Morgan fingerprint density at radius 3 is 2.70 bits per heavy atom. The van der Waals surface area contributed by atoms with Crippen molar-refractivity contribution in [1.29, 1.82) is 0 Å². The Morgan fingerprint density at radius 1 is 1.20 bits per heavy atom. The van der Waals surface area contributed by atoms with Crippen LogP contribution in [0.3, 0.4) is 0 Å². The molecule has 20 heavy (non-hydrogen) atoms. The topological polar surface area (TPSA) is 45.3 Å². The van der Waals surface area contributed by atoms with Crippen LogP contribution in [0.2, 0.25) is 0 Å². The Hall–Kier alpha value is -1.81. The largest absolute Gasteiger partial charge is 0.371 e. The van der Waals surface area contributed by atoms with Gasteiger partial charge in [0.2, 0.25) is 0 Å². The van der Waals surface area contributed by atoms with Gasteiger partial charge in [0, 0.05) is 41.4 Å². The number of aryl methyl sites for hydroxylation is 1. The van der Waals surface area contributed by atoms with Gasteiger partial charge in [0.05, 0.1) is 12.2 Å². The van der Waals surface area contributed by atoms with Crippen LogP contribution in [0, 0.1) is 6.92 Å². The first-order chi connectivity index (χ1) is 9.69. The van der Waals surface area contributed by atoms with E-state index in [1.807, 2.05) is 19.1 Å². The van der Waals surface area contributed by atoms with Crippen molar-refractivity contribution in [3.05, 3.63) is 40.2 Å². The van der Waals surface area contributed by atoms with E-state index in [4.69, 9.17) is 4.74 Å². The zero-order chi connectivity index (χ0) is 13.7. The fourth-order valence-electron chi connectivity index (χ4n) is 3.39. The van der Waals surface area contributed by atoms with Gasteiger partial charge in [-0.3, -0.25) is 4.79 Å². The normalized spacial score (nSPS) is 25.4. The number of hydrogen-bond donors (Lipinski definition) is 1. The van der Waals surface area contributed by atoms with Crippen molar-refractivity contribution in [2.45, 2.75) is 32.0 Å². The number of pyridine rings is 1. The molecule has 3 heterocycles. The summed E-state index contributed by atoms with van der Waals surface area (Å²) in [7, 11) is 0. The van der Waals surface area contributed by atoms with Crippen molar-refractivity contribution >= 4 is 16.6 Å². The van der Waals surface area contributed by atoms with Gasteiger partial charge in [0.1, 0.15) is 0 Å². The molecule has 2 fully saturated rings. The van der Waals surface area contributed by atoms with Crippen LogP contribution in [-0.2, 0) is 4.74 Å². The van der Waals surface area contributed by atoms with Crippen molar-refractivity contribution in [2.24, 2.45) is 0 Å². The summed E-state index contributed by atoms with van der Waals surface area (Å²) in [5, 5.41) is 0.770. The number of fused-ring (bicyclic) bond motifs is 3. The molecule has 2 atom stereocenters. The van der Waals surface area contributed by atoms with E-state index in [0.29, 0.717) is 12.2 Å². The lowest BCUT2D eigenvalue weighted by atomic mass is 10.1. The first kappa shape index (κ1) is 12.0. The molecule has 2 bridgehead atoms. The number of morpholine rings is 1. The summed E-state index contributed by atoms with van der Waals surface area (Å²) < 4.78 is 5.87. The fraction of sp³-hybridized carbons (Fsp3) is 0.438. The number of hydrogen-bond acceptors (Lipinski definition) is 3. The molecule has 2 aliphatic rings. The van der Waals surface area contributed by atoms with E-state index >= 15 is 0 Å². The highest BCUT2D eigenvalue weighted by atomic mass is 16.5. The molecule has 1 aromatic carbocycles. The maximum Gasteiger partial charge on any atom is 0.189 e. The highest BCUT2D eigenvalue weighted by Gasteiger charge is 2.33. The average molecular weight is 270 g/mol. The Balaban J connectivity index is 1.76. The molecule has 104 valence electrons. The summed E-state index contributed by atoms with van der Waals surface area (Å²) in [6.07, 6.45) is 3.05. The van der Waals surface area contributed by atoms with Crippen molar-refractivity contribution in [3.63, 3.8) is 0 Å². The van der Waals surface area contributed by atoms with Gasteiger partial charge in [-0.15, -0.1) is 0 Å². The first-order valence-corrected chi connectivity index (χ1v) is 7.23. The molecule has 0 aliphatic carbocycles. The number of anilines is 1. The van der Waals surface area contributed by atoms with E-state index in [9.17, 15) is 4.79 Å². The monoisotopic (exact) mass is 270 g/mol. The molecule has 4 rings (SSSR count). The summed E-state index contributed by atoms with van der Waals surface area (Å²) in [4.78, 5) is 17.7. The molecular weight excluding hydrogens is 252 g/mol. The fourth-order valence-corrected chi connectivity index (χ4v) is 3.39. The molecule has 0 saturated carbocycles. The molecule has 4 nitrogen and oxygen atoms in total. The van der Waals surface area contributed by atoms with Crippen LogP contribution in [0.5, 0.6) is 0 Å². The average Bonchev–Trinajstić information content (AvgIpc) is 2.77. The number of nitrogens with one attached hydrogen (secondary N) is 1. The number of ether oxygens (including phenoxy) is 1. The van der Waals surface area contributed by atoms with E-state index in [1.54, 1.807) is 6.07 Å². The lowest BCUT2D eigenvalue weighted by Crippen LogP contribution is -2.42. The van der Waals surface area contributed by atoms with Gasteiger partial charge < -0.3 is 14.6 Å². The van der Waals surface area contributed by atoms with E-state index in [1.165, 1.54) is 0 Å². The van der Waals surface area contributed by atoms with Gasteiger partial charge in [-0.1, -0.05) is 0 Å². The quantitative estimate of drug-likeness (QED) is 0.864. The number of benzene rings is 1. The summed E-state index contributed by atoms with van der Waals surface area (Å²) in [5.74, 6) is 0. The van der Waals surface area contributed by atoms with Crippen LogP contribution in [0.4, 0.5) is 5.69 Å². The standard InChI is InChI=1S/C16H18N2O2/c1-10-6-16(19)14-7-11(2-5-15(14)17-10)18-8-12-3-4-13(9-18)20-12/h2,5-7,12-13H,3-4,8-9H2,1H3,(H,17,19). The number of nitrogens with zero attached hydrogens (tertiary/aromatic N) is 1. The minimum Gasteiger partial charge on any atom is -0.371 e. The second-order valence-electron chi connectivity index (χ2n) is 5.91. The molecule has 0 amide bonds. The Kier molecular flexibility index (Phi) is 2.60. The summed E-state index contributed by atoms with van der Waals surface area (Å²) in [6, 6.07) is 7.78. The smallest absolute Gasteiger partial charge is 0.189 e. The third-order valence-electron chi connectivity index (χ3n) is 4.36. The molecule has 0 radical (unpaired) electrons. The minimum atomic E-state index is 0.0920. The Morgan fingerprint density at radius 2 is 1.95 bits per heavy atom. The van der Waals surface area contributed by atoms with E-state index in [0.717, 1.165) is 48.2 Å². The molecule has 1 N–H and O–H groups in total. The van der Waals surface area contributed by atoms with Crippen LogP contribution in [0.1, 0.15) is 18.5 Å². The molecule has 2 unspecified atom stereocenters. The van der Waals surface area contributed by atoms with Gasteiger partial charge in [0.25, 0.3) is 0 Å². The van der Waals surface area contributed by atoms with Gasteiger partial charge in [0.15, 0.2) is 5.43 Å². The molecular formula is C16H18N2O2. The van der Waals surface area contributed by atoms with Gasteiger partial charge in [-0.05, 0) is 38.0 Å². The van der Waals surface area contributed by atoms with E-state index < -0.39 is 0 Å². The van der Waals surface area contributed by atoms with Crippen LogP contribution in [0.15, 0.2) is 29.1 Å². The number of rotatable bonds is 1. The molecule has 2 aliphatic heterocycles. The predicted octanol–water partition coefficient (Wildman–Crippen LogP) is 2.20. The van der Waals surface area contributed by atoms with Crippen molar-refractivity contribution in [3.8, 4) is 0 Å². The Bertz CT molecular complexity index is 710. The lowest BCUT2D eigenvalue weighted by molar-refractivity contribution is 0.0305. The molecule has 1 aromatic heterocycles. The van der Waals surface area contributed by atoms with Crippen LogP contribution < -0.4 is 10.3 Å². The third-order valence-corrected chi connectivity index (χ3v) is 4.36. The maximum atomic E-state index is 12.1. The SMILES string of the molecule is Cc1cc(=O)c2cc(N3CC4CCC(C3)O4)ccc2[nH]1. The van der Waals surface area contributed by atoms with Crippen LogP contribution >= 0.6 is 0 Å². The van der Waals surface area contributed by atoms with E-state index in [2.05, 4.69) is 16.0 Å².